The highest BCUT2D eigenvalue weighted by atomic mass is 79.9. The number of rotatable bonds is 4. The van der Waals surface area contributed by atoms with Crippen molar-refractivity contribution >= 4 is 37.7 Å². The zero-order valence-corrected chi connectivity index (χ0v) is 14.0. The van der Waals surface area contributed by atoms with E-state index in [9.17, 15) is 0 Å². The molecule has 1 fully saturated rings. The van der Waals surface area contributed by atoms with Gasteiger partial charge < -0.3 is 4.90 Å². The van der Waals surface area contributed by atoms with Gasteiger partial charge in [-0.1, -0.05) is 35.2 Å². The molecule has 1 saturated carbocycles. The Morgan fingerprint density at radius 1 is 1.33 bits per heavy atom. The van der Waals surface area contributed by atoms with Gasteiger partial charge in [0.15, 0.2) is 0 Å². The van der Waals surface area contributed by atoms with Crippen molar-refractivity contribution in [1.82, 2.24) is 4.98 Å². The van der Waals surface area contributed by atoms with Gasteiger partial charge >= 0.3 is 0 Å². The third kappa shape index (κ3) is 3.47. The molecule has 0 aliphatic heterocycles. The van der Waals surface area contributed by atoms with Gasteiger partial charge in [-0.3, -0.25) is 0 Å². The van der Waals surface area contributed by atoms with Gasteiger partial charge in [0.1, 0.15) is 5.82 Å². The minimum atomic E-state index is 0.655. The standard InChI is InChI=1S/C14H20Br2N2/c1-11-9-13(16)14(17-10-11)18(8-7-15)12-5-3-2-4-6-12/h9-10,12H,2-8H2,1H3. The zero-order valence-electron chi connectivity index (χ0n) is 10.8. The molecule has 0 radical (unpaired) electrons. The van der Waals surface area contributed by atoms with Gasteiger partial charge in [0, 0.05) is 24.1 Å². The van der Waals surface area contributed by atoms with Crippen LogP contribution in [0.15, 0.2) is 16.7 Å². The third-order valence-corrected chi connectivity index (χ3v) is 4.51. The fraction of sp³-hybridized carbons (Fsp3) is 0.643. The van der Waals surface area contributed by atoms with Gasteiger partial charge in [-0.2, -0.15) is 0 Å². The fourth-order valence-electron chi connectivity index (χ4n) is 2.68. The van der Waals surface area contributed by atoms with Gasteiger partial charge in [0.2, 0.25) is 0 Å². The van der Waals surface area contributed by atoms with Crippen LogP contribution in [0.1, 0.15) is 37.7 Å². The van der Waals surface area contributed by atoms with Gasteiger partial charge in [0.25, 0.3) is 0 Å². The molecule has 4 heteroatoms. The van der Waals surface area contributed by atoms with Crippen LogP contribution in [0.4, 0.5) is 5.82 Å². The van der Waals surface area contributed by atoms with Crippen molar-refractivity contribution < 1.29 is 0 Å². The molecule has 0 N–H and O–H groups in total. The molecule has 0 saturated heterocycles. The molecular formula is C14H20Br2N2. The number of anilines is 1. The predicted molar refractivity (Wildman–Crippen MR) is 84.7 cm³/mol. The van der Waals surface area contributed by atoms with Gasteiger partial charge in [-0.25, -0.2) is 4.98 Å². The Balaban J connectivity index is 2.22. The Morgan fingerprint density at radius 2 is 2.06 bits per heavy atom. The molecule has 0 spiro atoms. The summed E-state index contributed by atoms with van der Waals surface area (Å²) in [5, 5.41) is 0.992. The molecule has 2 rings (SSSR count). The van der Waals surface area contributed by atoms with E-state index in [2.05, 4.69) is 54.7 Å². The minimum absolute atomic E-state index is 0.655. The summed E-state index contributed by atoms with van der Waals surface area (Å²) in [7, 11) is 0. The van der Waals surface area contributed by atoms with Crippen molar-refractivity contribution in [1.29, 1.82) is 0 Å². The second kappa shape index (κ2) is 6.90. The van der Waals surface area contributed by atoms with Crippen LogP contribution in [-0.4, -0.2) is 22.9 Å². The summed E-state index contributed by atoms with van der Waals surface area (Å²) in [6.45, 7) is 3.11. The van der Waals surface area contributed by atoms with Gasteiger partial charge in [-0.05, 0) is 47.3 Å². The lowest BCUT2D eigenvalue weighted by Gasteiger charge is -2.35. The molecule has 0 atom stereocenters. The van der Waals surface area contributed by atoms with E-state index in [1.165, 1.54) is 37.7 Å². The van der Waals surface area contributed by atoms with E-state index in [0.29, 0.717) is 6.04 Å². The number of nitrogens with zero attached hydrogens (tertiary/aromatic N) is 2. The maximum atomic E-state index is 4.63. The average Bonchev–Trinajstić information content (AvgIpc) is 2.38. The molecule has 1 heterocycles. The second-order valence-corrected chi connectivity index (χ2v) is 6.64. The van der Waals surface area contributed by atoms with Gasteiger partial charge in [-0.15, -0.1) is 0 Å². The average molecular weight is 376 g/mol. The third-order valence-electron chi connectivity index (χ3n) is 3.57. The monoisotopic (exact) mass is 374 g/mol. The Kier molecular flexibility index (Phi) is 5.49. The minimum Gasteiger partial charge on any atom is -0.352 e. The maximum Gasteiger partial charge on any atom is 0.143 e. The molecule has 100 valence electrons. The Hall–Kier alpha value is -0.0900. The molecule has 1 aliphatic rings. The molecule has 1 aromatic heterocycles. The lowest BCUT2D eigenvalue weighted by atomic mass is 9.94. The summed E-state index contributed by atoms with van der Waals surface area (Å²) in [5.41, 5.74) is 1.20. The van der Waals surface area contributed by atoms with Gasteiger partial charge in [0.05, 0.1) is 4.47 Å². The number of alkyl halides is 1. The second-order valence-electron chi connectivity index (χ2n) is 4.99. The van der Waals surface area contributed by atoms with Crippen LogP contribution >= 0.6 is 31.9 Å². The first-order chi connectivity index (χ1) is 8.72. The number of pyridine rings is 1. The quantitative estimate of drug-likeness (QED) is 0.710. The Bertz CT molecular complexity index is 389. The summed E-state index contributed by atoms with van der Waals surface area (Å²) in [6.07, 6.45) is 8.66. The van der Waals surface area contributed by atoms with E-state index < -0.39 is 0 Å². The first kappa shape index (κ1) is 14.3. The number of aromatic nitrogens is 1. The van der Waals surface area contributed by atoms with Crippen molar-refractivity contribution in [3.05, 3.63) is 22.3 Å². The molecule has 1 aromatic rings. The molecule has 0 amide bonds. The van der Waals surface area contributed by atoms with Crippen LogP contribution in [0.3, 0.4) is 0 Å². The SMILES string of the molecule is Cc1cnc(N(CCBr)C2CCCCC2)c(Br)c1. The highest BCUT2D eigenvalue weighted by Crippen LogP contribution is 2.31. The summed E-state index contributed by atoms with van der Waals surface area (Å²) in [4.78, 5) is 7.10. The van der Waals surface area contributed by atoms with Crippen molar-refractivity contribution in [2.45, 2.75) is 45.1 Å². The largest absolute Gasteiger partial charge is 0.352 e. The van der Waals surface area contributed by atoms with Crippen LogP contribution in [-0.2, 0) is 0 Å². The van der Waals surface area contributed by atoms with E-state index in [4.69, 9.17) is 0 Å². The fourth-order valence-corrected chi connectivity index (χ4v) is 3.76. The van der Waals surface area contributed by atoms with E-state index in [0.717, 1.165) is 22.2 Å². The van der Waals surface area contributed by atoms with Crippen molar-refractivity contribution in [3.63, 3.8) is 0 Å². The normalized spacial score (nSPS) is 16.8. The van der Waals surface area contributed by atoms with Crippen LogP contribution in [0.25, 0.3) is 0 Å². The van der Waals surface area contributed by atoms with Crippen molar-refractivity contribution in [3.8, 4) is 0 Å². The van der Waals surface area contributed by atoms with E-state index in [1.807, 2.05) is 6.20 Å². The first-order valence-corrected chi connectivity index (χ1v) is 8.58. The molecular weight excluding hydrogens is 356 g/mol. The van der Waals surface area contributed by atoms with Crippen LogP contribution in [0, 0.1) is 6.92 Å². The van der Waals surface area contributed by atoms with Crippen LogP contribution in [0.5, 0.6) is 0 Å². The first-order valence-electron chi connectivity index (χ1n) is 6.67. The Morgan fingerprint density at radius 3 is 2.67 bits per heavy atom. The van der Waals surface area contributed by atoms with E-state index in [-0.39, 0.29) is 0 Å². The lowest BCUT2D eigenvalue weighted by molar-refractivity contribution is 0.417. The van der Waals surface area contributed by atoms with Crippen LogP contribution in [0.2, 0.25) is 0 Å². The van der Waals surface area contributed by atoms with Crippen molar-refractivity contribution in [2.24, 2.45) is 0 Å². The lowest BCUT2D eigenvalue weighted by Crippen LogP contribution is -2.39. The number of halogens is 2. The molecule has 18 heavy (non-hydrogen) atoms. The molecule has 0 aromatic carbocycles. The summed E-state index contributed by atoms with van der Waals surface area (Å²) < 4.78 is 1.12. The topological polar surface area (TPSA) is 16.1 Å². The summed E-state index contributed by atoms with van der Waals surface area (Å²) in [6, 6.07) is 2.81. The Labute approximate surface area is 126 Å². The summed E-state index contributed by atoms with van der Waals surface area (Å²) in [5.74, 6) is 1.10. The highest BCUT2D eigenvalue weighted by molar-refractivity contribution is 9.10. The zero-order chi connectivity index (χ0) is 13.0. The van der Waals surface area contributed by atoms with Crippen molar-refractivity contribution in [2.75, 3.05) is 16.8 Å². The summed E-state index contributed by atoms with van der Waals surface area (Å²) >= 11 is 7.23. The maximum absolute atomic E-state index is 4.63. The van der Waals surface area contributed by atoms with E-state index >= 15 is 0 Å². The molecule has 0 bridgehead atoms. The molecule has 2 nitrogen and oxygen atoms in total. The number of aryl methyl sites for hydroxylation is 1. The number of hydrogen-bond donors (Lipinski definition) is 0. The number of hydrogen-bond acceptors (Lipinski definition) is 2. The molecule has 1 aliphatic carbocycles. The predicted octanol–water partition coefficient (Wildman–Crippen LogP) is 4.69. The highest BCUT2D eigenvalue weighted by Gasteiger charge is 2.23. The smallest absolute Gasteiger partial charge is 0.143 e. The van der Waals surface area contributed by atoms with Crippen LogP contribution < -0.4 is 4.90 Å². The molecule has 0 unspecified atom stereocenters. The van der Waals surface area contributed by atoms with E-state index in [1.54, 1.807) is 0 Å².